The number of rotatable bonds is 2. The second-order valence-corrected chi connectivity index (χ2v) is 5.32. The van der Waals surface area contributed by atoms with Gasteiger partial charge in [-0.3, -0.25) is 0 Å². The summed E-state index contributed by atoms with van der Waals surface area (Å²) in [4.78, 5) is 14.1. The molecule has 2 aromatic rings. The molecule has 1 saturated heterocycles. The van der Waals surface area contributed by atoms with Crippen LogP contribution in [-0.4, -0.2) is 28.7 Å². The van der Waals surface area contributed by atoms with Crippen LogP contribution < -0.4 is 5.32 Å². The van der Waals surface area contributed by atoms with E-state index in [0.717, 1.165) is 36.0 Å². The molecule has 20 heavy (non-hydrogen) atoms. The molecule has 5 nitrogen and oxygen atoms in total. The third kappa shape index (κ3) is 2.48. The molecule has 2 heterocycles. The lowest BCUT2D eigenvalue weighted by atomic mass is 10.0. The van der Waals surface area contributed by atoms with Crippen LogP contribution >= 0.6 is 0 Å². The fourth-order valence-corrected chi connectivity index (χ4v) is 2.73. The first-order valence-corrected chi connectivity index (χ1v) is 7.13. The Hall–Kier alpha value is -2.04. The van der Waals surface area contributed by atoms with E-state index in [-0.39, 0.29) is 6.03 Å². The van der Waals surface area contributed by atoms with Gasteiger partial charge in [0.15, 0.2) is 5.58 Å². The Labute approximate surface area is 117 Å². The summed E-state index contributed by atoms with van der Waals surface area (Å²) in [5.74, 6) is 0. The number of carbonyl (C=O) groups is 1. The quantitative estimate of drug-likeness (QED) is 0.915. The molecule has 0 spiro atoms. The molecule has 1 aliphatic rings. The van der Waals surface area contributed by atoms with Crippen LogP contribution in [0, 0.1) is 0 Å². The first-order chi connectivity index (χ1) is 9.75. The van der Waals surface area contributed by atoms with Gasteiger partial charge in [0.05, 0.1) is 6.54 Å². The SMILES string of the molecule is C[C@H]1CCCCN1C(=O)NCc1noc2ccccc12. The maximum atomic E-state index is 12.2. The van der Waals surface area contributed by atoms with Gasteiger partial charge in [0.2, 0.25) is 0 Å². The lowest BCUT2D eigenvalue weighted by Crippen LogP contribution is -2.47. The number of nitrogens with one attached hydrogen (secondary N) is 1. The van der Waals surface area contributed by atoms with E-state index in [0.29, 0.717) is 12.6 Å². The van der Waals surface area contributed by atoms with Gasteiger partial charge in [0, 0.05) is 18.0 Å². The van der Waals surface area contributed by atoms with Gasteiger partial charge in [0.1, 0.15) is 5.69 Å². The molecule has 2 amide bonds. The Kier molecular flexibility index (Phi) is 3.58. The zero-order chi connectivity index (χ0) is 13.9. The number of likely N-dealkylation sites (tertiary alicyclic amines) is 1. The number of hydrogen-bond acceptors (Lipinski definition) is 3. The summed E-state index contributed by atoms with van der Waals surface area (Å²) in [6.45, 7) is 3.34. The molecule has 0 unspecified atom stereocenters. The number of para-hydroxylation sites is 1. The molecule has 1 aliphatic heterocycles. The number of benzene rings is 1. The van der Waals surface area contributed by atoms with Gasteiger partial charge in [-0.1, -0.05) is 17.3 Å². The van der Waals surface area contributed by atoms with E-state index >= 15 is 0 Å². The Morgan fingerprint density at radius 1 is 1.45 bits per heavy atom. The highest BCUT2D eigenvalue weighted by Gasteiger charge is 2.23. The average Bonchev–Trinajstić information content (AvgIpc) is 2.88. The van der Waals surface area contributed by atoms with Gasteiger partial charge in [-0.25, -0.2) is 4.79 Å². The van der Waals surface area contributed by atoms with E-state index in [4.69, 9.17) is 4.52 Å². The number of nitrogens with zero attached hydrogens (tertiary/aromatic N) is 2. The minimum atomic E-state index is -0.00992. The summed E-state index contributed by atoms with van der Waals surface area (Å²) < 4.78 is 5.23. The van der Waals surface area contributed by atoms with Crippen LogP contribution in [-0.2, 0) is 6.54 Å². The van der Waals surface area contributed by atoms with Crippen molar-refractivity contribution >= 4 is 17.0 Å². The molecular weight excluding hydrogens is 254 g/mol. The number of piperidine rings is 1. The summed E-state index contributed by atoms with van der Waals surface area (Å²) in [6.07, 6.45) is 3.38. The molecule has 1 aromatic carbocycles. The molecule has 3 rings (SSSR count). The van der Waals surface area contributed by atoms with E-state index in [2.05, 4.69) is 17.4 Å². The molecule has 5 heteroatoms. The van der Waals surface area contributed by atoms with Crippen molar-refractivity contribution in [1.82, 2.24) is 15.4 Å². The molecule has 1 N–H and O–H groups in total. The lowest BCUT2D eigenvalue weighted by molar-refractivity contribution is 0.157. The van der Waals surface area contributed by atoms with Crippen LogP contribution in [0.1, 0.15) is 31.9 Å². The summed E-state index contributed by atoms with van der Waals surface area (Å²) in [5.41, 5.74) is 1.53. The lowest BCUT2D eigenvalue weighted by Gasteiger charge is -2.33. The van der Waals surface area contributed by atoms with Crippen molar-refractivity contribution in [3.05, 3.63) is 30.0 Å². The van der Waals surface area contributed by atoms with Crippen LogP contribution in [0.4, 0.5) is 4.79 Å². The summed E-state index contributed by atoms with van der Waals surface area (Å²) in [5, 5.41) is 7.92. The van der Waals surface area contributed by atoms with Gasteiger partial charge < -0.3 is 14.7 Å². The third-order valence-electron chi connectivity index (χ3n) is 3.92. The van der Waals surface area contributed by atoms with Crippen molar-refractivity contribution in [2.75, 3.05) is 6.54 Å². The summed E-state index contributed by atoms with van der Waals surface area (Å²) in [6, 6.07) is 7.99. The van der Waals surface area contributed by atoms with Crippen molar-refractivity contribution in [3.63, 3.8) is 0 Å². The second-order valence-electron chi connectivity index (χ2n) is 5.32. The zero-order valence-corrected chi connectivity index (χ0v) is 11.6. The highest BCUT2D eigenvalue weighted by Crippen LogP contribution is 2.19. The average molecular weight is 273 g/mol. The maximum Gasteiger partial charge on any atom is 0.317 e. The third-order valence-corrected chi connectivity index (χ3v) is 3.92. The van der Waals surface area contributed by atoms with Crippen molar-refractivity contribution in [2.24, 2.45) is 0 Å². The normalized spacial score (nSPS) is 19.2. The predicted octanol–water partition coefficient (Wildman–Crippen LogP) is 2.91. The zero-order valence-electron chi connectivity index (χ0n) is 11.6. The monoisotopic (exact) mass is 273 g/mol. The van der Waals surface area contributed by atoms with Crippen LogP contribution in [0.3, 0.4) is 0 Å². The van der Waals surface area contributed by atoms with Crippen molar-refractivity contribution in [2.45, 2.75) is 38.8 Å². The van der Waals surface area contributed by atoms with E-state index in [1.807, 2.05) is 29.2 Å². The number of carbonyl (C=O) groups excluding carboxylic acids is 1. The van der Waals surface area contributed by atoms with Crippen molar-refractivity contribution in [3.8, 4) is 0 Å². The fourth-order valence-electron chi connectivity index (χ4n) is 2.73. The largest absolute Gasteiger partial charge is 0.356 e. The van der Waals surface area contributed by atoms with E-state index in [1.165, 1.54) is 6.42 Å². The summed E-state index contributed by atoms with van der Waals surface area (Å²) >= 11 is 0. The summed E-state index contributed by atoms with van der Waals surface area (Å²) in [7, 11) is 0. The standard InChI is InChI=1S/C15H19N3O2/c1-11-6-4-5-9-18(11)15(19)16-10-13-12-7-2-3-8-14(12)20-17-13/h2-3,7-8,11H,4-6,9-10H2,1H3,(H,16,19)/t11-/m0/s1. The van der Waals surface area contributed by atoms with Crippen LogP contribution in [0.5, 0.6) is 0 Å². The molecule has 0 bridgehead atoms. The van der Waals surface area contributed by atoms with E-state index in [1.54, 1.807) is 0 Å². The molecule has 106 valence electrons. The molecule has 0 aliphatic carbocycles. The van der Waals surface area contributed by atoms with E-state index < -0.39 is 0 Å². The minimum Gasteiger partial charge on any atom is -0.356 e. The van der Waals surface area contributed by atoms with Gasteiger partial charge in [-0.05, 0) is 38.3 Å². The van der Waals surface area contributed by atoms with Gasteiger partial charge in [-0.2, -0.15) is 0 Å². The Morgan fingerprint density at radius 3 is 3.15 bits per heavy atom. The Morgan fingerprint density at radius 2 is 2.30 bits per heavy atom. The number of amides is 2. The van der Waals surface area contributed by atoms with Crippen LogP contribution in [0.2, 0.25) is 0 Å². The minimum absolute atomic E-state index is 0.00992. The van der Waals surface area contributed by atoms with Crippen molar-refractivity contribution < 1.29 is 9.32 Å². The second kappa shape index (κ2) is 5.53. The smallest absolute Gasteiger partial charge is 0.317 e. The highest BCUT2D eigenvalue weighted by molar-refractivity contribution is 5.80. The number of fused-ring (bicyclic) bond motifs is 1. The van der Waals surface area contributed by atoms with Crippen LogP contribution in [0.15, 0.2) is 28.8 Å². The van der Waals surface area contributed by atoms with Crippen molar-refractivity contribution in [1.29, 1.82) is 0 Å². The van der Waals surface area contributed by atoms with E-state index in [9.17, 15) is 4.79 Å². The maximum absolute atomic E-state index is 12.2. The van der Waals surface area contributed by atoms with Gasteiger partial charge >= 0.3 is 6.03 Å². The van der Waals surface area contributed by atoms with Crippen LogP contribution in [0.25, 0.3) is 11.0 Å². The molecule has 1 fully saturated rings. The Bertz CT molecular complexity index is 608. The molecular formula is C15H19N3O2. The first kappa shape index (κ1) is 13.0. The number of urea groups is 1. The Balaban J connectivity index is 1.65. The highest BCUT2D eigenvalue weighted by atomic mass is 16.5. The molecule has 0 radical (unpaired) electrons. The molecule has 1 aromatic heterocycles. The van der Waals surface area contributed by atoms with Gasteiger partial charge in [0.25, 0.3) is 0 Å². The number of aromatic nitrogens is 1. The van der Waals surface area contributed by atoms with Gasteiger partial charge in [-0.15, -0.1) is 0 Å². The topological polar surface area (TPSA) is 58.4 Å². The number of hydrogen-bond donors (Lipinski definition) is 1. The molecule has 1 atom stereocenters. The molecule has 0 saturated carbocycles. The first-order valence-electron chi connectivity index (χ1n) is 7.13. The predicted molar refractivity (Wildman–Crippen MR) is 76.3 cm³/mol. The fraction of sp³-hybridized carbons (Fsp3) is 0.467.